The fraction of sp³-hybridized carbons (Fsp3) is 0.214. The zero-order chi connectivity index (χ0) is 15.0. The van der Waals surface area contributed by atoms with Gasteiger partial charge in [-0.3, -0.25) is 4.40 Å². The molecule has 0 saturated carbocycles. The number of aromatic carboxylic acids is 1. The molecule has 0 aliphatic carbocycles. The van der Waals surface area contributed by atoms with E-state index in [-0.39, 0.29) is 5.69 Å². The molecule has 0 unspecified atom stereocenters. The number of pyridine rings is 1. The van der Waals surface area contributed by atoms with Crippen molar-refractivity contribution in [2.24, 2.45) is 0 Å². The summed E-state index contributed by atoms with van der Waals surface area (Å²) in [4.78, 5) is 20.7. The molecule has 0 atom stereocenters. The quantitative estimate of drug-likeness (QED) is 0.802. The van der Waals surface area contributed by atoms with Crippen LogP contribution in [0, 0.1) is 13.8 Å². The predicted molar refractivity (Wildman–Crippen MR) is 78.1 cm³/mol. The van der Waals surface area contributed by atoms with Crippen LogP contribution in [0.25, 0.3) is 5.65 Å². The van der Waals surface area contributed by atoms with Crippen molar-refractivity contribution in [3.8, 4) is 5.75 Å². The fourth-order valence-electron chi connectivity index (χ4n) is 2.11. The van der Waals surface area contributed by atoms with Crippen molar-refractivity contribution in [1.29, 1.82) is 0 Å². The average Bonchev–Trinajstić information content (AvgIpc) is 2.98. The van der Waals surface area contributed by atoms with Crippen molar-refractivity contribution in [3.63, 3.8) is 0 Å². The van der Waals surface area contributed by atoms with Crippen molar-refractivity contribution in [3.05, 3.63) is 45.8 Å². The molecule has 6 nitrogen and oxygen atoms in total. The molecule has 3 rings (SSSR count). The van der Waals surface area contributed by atoms with Crippen LogP contribution in [0.1, 0.15) is 26.1 Å². The molecule has 0 spiro atoms. The minimum absolute atomic E-state index is 0.157. The van der Waals surface area contributed by atoms with E-state index in [0.717, 1.165) is 9.88 Å². The van der Waals surface area contributed by atoms with Crippen LogP contribution < -0.4 is 4.74 Å². The van der Waals surface area contributed by atoms with Crippen LogP contribution in [0.2, 0.25) is 0 Å². The first-order chi connectivity index (χ1) is 10.0. The van der Waals surface area contributed by atoms with E-state index in [1.807, 2.05) is 6.92 Å². The van der Waals surface area contributed by atoms with Gasteiger partial charge in [0.05, 0.1) is 21.8 Å². The van der Waals surface area contributed by atoms with Crippen molar-refractivity contribution in [2.45, 2.75) is 20.5 Å². The number of ether oxygens (including phenoxy) is 1. The summed E-state index contributed by atoms with van der Waals surface area (Å²) in [5.74, 6) is -0.413. The van der Waals surface area contributed by atoms with Gasteiger partial charge in [-0.15, -0.1) is 11.3 Å². The second-order valence-corrected chi connectivity index (χ2v) is 5.90. The highest BCUT2D eigenvalue weighted by Gasteiger charge is 2.15. The molecular weight excluding hydrogens is 290 g/mol. The summed E-state index contributed by atoms with van der Waals surface area (Å²) in [5, 5.41) is 10.2. The highest BCUT2D eigenvalue weighted by atomic mass is 32.1. The number of thiazole rings is 1. The van der Waals surface area contributed by atoms with Gasteiger partial charge in [-0.2, -0.15) is 0 Å². The van der Waals surface area contributed by atoms with Crippen LogP contribution in [-0.4, -0.2) is 25.4 Å². The number of carbonyl (C=O) groups is 1. The molecule has 3 aromatic rings. The number of carboxylic acid groups (broad SMARTS) is 1. The van der Waals surface area contributed by atoms with Gasteiger partial charge in [0.25, 0.3) is 0 Å². The lowest BCUT2D eigenvalue weighted by atomic mass is 10.3. The smallest absolute Gasteiger partial charge is 0.354 e. The molecule has 21 heavy (non-hydrogen) atoms. The Bertz CT molecular complexity index is 822. The number of fused-ring (bicyclic) bond motifs is 1. The summed E-state index contributed by atoms with van der Waals surface area (Å²) >= 11 is 1.57. The number of aromatic nitrogens is 3. The van der Waals surface area contributed by atoms with E-state index in [0.29, 0.717) is 23.7 Å². The number of carboxylic acids is 1. The number of aryl methyl sites for hydroxylation is 2. The van der Waals surface area contributed by atoms with Crippen LogP contribution >= 0.6 is 11.3 Å². The third kappa shape index (κ3) is 2.59. The molecule has 0 aromatic carbocycles. The number of hydrogen-bond acceptors (Lipinski definition) is 5. The third-order valence-electron chi connectivity index (χ3n) is 3.02. The summed E-state index contributed by atoms with van der Waals surface area (Å²) in [5.41, 5.74) is 1.23. The Labute approximate surface area is 124 Å². The van der Waals surface area contributed by atoms with Gasteiger partial charge >= 0.3 is 5.97 Å². The van der Waals surface area contributed by atoms with Crippen molar-refractivity contribution >= 4 is 23.0 Å². The Kier molecular flexibility index (Phi) is 3.34. The maximum Gasteiger partial charge on any atom is 0.354 e. The SMILES string of the molecule is Cc1ncc(COc2ccc3nc(C)c(C(=O)O)n3c2)s1. The van der Waals surface area contributed by atoms with Gasteiger partial charge in [-0.05, 0) is 26.0 Å². The van der Waals surface area contributed by atoms with E-state index in [1.54, 1.807) is 42.8 Å². The van der Waals surface area contributed by atoms with E-state index in [4.69, 9.17) is 4.74 Å². The van der Waals surface area contributed by atoms with Crippen LogP contribution in [0.15, 0.2) is 24.5 Å². The van der Waals surface area contributed by atoms with E-state index >= 15 is 0 Å². The first kappa shape index (κ1) is 13.6. The zero-order valence-corrected chi connectivity index (χ0v) is 12.3. The van der Waals surface area contributed by atoms with Crippen molar-refractivity contribution in [2.75, 3.05) is 0 Å². The molecular formula is C14H13N3O3S. The molecule has 0 fully saturated rings. The van der Waals surface area contributed by atoms with Crippen LogP contribution in [0.4, 0.5) is 0 Å². The standard InChI is InChI=1S/C14H13N3O3S/c1-8-13(14(18)19)17-6-10(3-4-12(17)16-8)20-7-11-5-15-9(2)21-11/h3-6H,7H2,1-2H3,(H,18,19). The lowest BCUT2D eigenvalue weighted by Crippen LogP contribution is -2.04. The van der Waals surface area contributed by atoms with Gasteiger partial charge < -0.3 is 9.84 Å². The summed E-state index contributed by atoms with van der Waals surface area (Å²) in [6, 6.07) is 3.52. The minimum Gasteiger partial charge on any atom is -0.486 e. The number of imidazole rings is 1. The van der Waals surface area contributed by atoms with Crippen molar-refractivity contribution in [1.82, 2.24) is 14.4 Å². The van der Waals surface area contributed by atoms with Crippen molar-refractivity contribution < 1.29 is 14.6 Å². The molecule has 108 valence electrons. The molecule has 0 aliphatic rings. The third-order valence-corrected chi connectivity index (χ3v) is 3.90. The highest BCUT2D eigenvalue weighted by Crippen LogP contribution is 2.20. The molecule has 3 aromatic heterocycles. The maximum absolute atomic E-state index is 11.3. The maximum atomic E-state index is 11.3. The summed E-state index contributed by atoms with van der Waals surface area (Å²) < 4.78 is 7.22. The molecule has 0 amide bonds. The van der Waals surface area contributed by atoms with Gasteiger partial charge in [0.1, 0.15) is 18.0 Å². The summed E-state index contributed by atoms with van der Waals surface area (Å²) in [7, 11) is 0. The number of nitrogens with zero attached hydrogens (tertiary/aromatic N) is 3. The van der Waals surface area contributed by atoms with Gasteiger partial charge in [-0.1, -0.05) is 0 Å². The van der Waals surface area contributed by atoms with E-state index < -0.39 is 5.97 Å². The van der Waals surface area contributed by atoms with Crippen LogP contribution in [0.3, 0.4) is 0 Å². The molecule has 7 heteroatoms. The van der Waals surface area contributed by atoms with Crippen LogP contribution in [-0.2, 0) is 6.61 Å². The largest absolute Gasteiger partial charge is 0.486 e. The molecule has 1 N–H and O–H groups in total. The lowest BCUT2D eigenvalue weighted by molar-refractivity contribution is 0.0688. The van der Waals surface area contributed by atoms with Crippen LogP contribution in [0.5, 0.6) is 5.75 Å². The zero-order valence-electron chi connectivity index (χ0n) is 11.5. The Hall–Kier alpha value is -2.41. The Morgan fingerprint density at radius 1 is 1.43 bits per heavy atom. The Balaban J connectivity index is 1.89. The highest BCUT2D eigenvalue weighted by molar-refractivity contribution is 7.11. The molecule has 0 aliphatic heterocycles. The first-order valence-corrected chi connectivity index (χ1v) is 7.12. The van der Waals surface area contributed by atoms with Gasteiger partial charge in [0, 0.05) is 6.20 Å². The number of rotatable bonds is 4. The minimum atomic E-state index is -1.00. The fourth-order valence-corrected chi connectivity index (χ4v) is 2.82. The lowest BCUT2D eigenvalue weighted by Gasteiger charge is -2.05. The second kappa shape index (κ2) is 5.17. The summed E-state index contributed by atoms with van der Waals surface area (Å²) in [6.45, 7) is 4.03. The Morgan fingerprint density at radius 2 is 2.24 bits per heavy atom. The monoisotopic (exact) mass is 303 g/mol. The first-order valence-electron chi connectivity index (χ1n) is 6.30. The van der Waals surface area contributed by atoms with Gasteiger partial charge in [0.15, 0.2) is 5.69 Å². The molecule has 0 bridgehead atoms. The normalized spacial score (nSPS) is 11.0. The van der Waals surface area contributed by atoms with E-state index in [1.165, 1.54) is 4.40 Å². The van der Waals surface area contributed by atoms with Gasteiger partial charge in [-0.25, -0.2) is 14.8 Å². The van der Waals surface area contributed by atoms with E-state index in [2.05, 4.69) is 9.97 Å². The summed E-state index contributed by atoms with van der Waals surface area (Å²) in [6.07, 6.45) is 3.43. The molecule has 0 radical (unpaired) electrons. The average molecular weight is 303 g/mol. The van der Waals surface area contributed by atoms with Gasteiger partial charge in [0.2, 0.25) is 0 Å². The van der Waals surface area contributed by atoms with E-state index in [9.17, 15) is 9.90 Å². The second-order valence-electron chi connectivity index (χ2n) is 4.58. The Morgan fingerprint density at radius 3 is 2.90 bits per heavy atom. The number of hydrogen-bond donors (Lipinski definition) is 1. The molecule has 3 heterocycles. The predicted octanol–water partition coefficient (Wildman–Crippen LogP) is 2.68. The topological polar surface area (TPSA) is 76.7 Å². The molecule has 0 saturated heterocycles.